The zero-order valence-electron chi connectivity index (χ0n) is 16.6. The van der Waals surface area contributed by atoms with Crippen LogP contribution in [0.25, 0.3) is 0 Å². The van der Waals surface area contributed by atoms with Crippen molar-refractivity contribution in [1.82, 2.24) is 4.90 Å². The number of rotatable bonds is 7. The lowest BCUT2D eigenvalue weighted by molar-refractivity contribution is -0.169. The number of ether oxygens (including phenoxy) is 1. The van der Waals surface area contributed by atoms with E-state index in [1.54, 1.807) is 0 Å². The molecule has 0 bridgehead atoms. The van der Waals surface area contributed by atoms with Crippen LogP contribution in [0.1, 0.15) is 51.6 Å². The number of aliphatic carboxylic acids is 1. The van der Waals surface area contributed by atoms with Crippen molar-refractivity contribution in [2.45, 2.75) is 63.0 Å². The lowest BCUT2D eigenvalue weighted by Crippen LogP contribution is -2.55. The van der Waals surface area contributed by atoms with E-state index in [4.69, 9.17) is 16.3 Å². The van der Waals surface area contributed by atoms with Crippen molar-refractivity contribution in [3.63, 3.8) is 0 Å². The molecule has 2 aliphatic rings. The van der Waals surface area contributed by atoms with Gasteiger partial charge in [-0.3, -0.25) is 9.59 Å². The molecule has 3 unspecified atom stereocenters. The second-order valence-electron chi connectivity index (χ2n) is 8.56. The Labute approximate surface area is 175 Å². The molecule has 1 aliphatic carbocycles. The van der Waals surface area contributed by atoms with Crippen LogP contribution in [-0.2, 0) is 14.3 Å². The van der Waals surface area contributed by atoms with E-state index in [9.17, 15) is 14.7 Å². The Morgan fingerprint density at radius 3 is 2.50 bits per heavy atom. The number of carbonyl (C=O) groups is 2. The van der Waals surface area contributed by atoms with Gasteiger partial charge in [0.1, 0.15) is 6.10 Å². The van der Waals surface area contributed by atoms with E-state index in [0.717, 1.165) is 24.2 Å². The summed E-state index contributed by atoms with van der Waals surface area (Å²) in [5.74, 6) is 0.0801. The van der Waals surface area contributed by atoms with Gasteiger partial charge < -0.3 is 14.7 Å². The number of morpholine rings is 1. The highest BCUT2D eigenvalue weighted by Gasteiger charge is 2.46. The van der Waals surface area contributed by atoms with Crippen molar-refractivity contribution in [3.8, 4) is 0 Å². The van der Waals surface area contributed by atoms with Crippen molar-refractivity contribution < 1.29 is 19.4 Å². The molecule has 1 aliphatic heterocycles. The van der Waals surface area contributed by atoms with Gasteiger partial charge in [0.15, 0.2) is 0 Å². The van der Waals surface area contributed by atoms with Gasteiger partial charge in [-0.15, -0.1) is 0 Å². The number of thioether (sulfide) groups is 1. The molecule has 3 rings (SSSR count). The maximum absolute atomic E-state index is 13.3. The molecule has 1 amide bonds. The fourth-order valence-corrected chi connectivity index (χ4v) is 4.81. The minimum Gasteiger partial charge on any atom is -0.481 e. The van der Waals surface area contributed by atoms with Crippen LogP contribution < -0.4 is 0 Å². The molecule has 1 saturated carbocycles. The van der Waals surface area contributed by atoms with E-state index < -0.39 is 12.1 Å². The number of carboxylic acid groups (broad SMARTS) is 1. The summed E-state index contributed by atoms with van der Waals surface area (Å²) in [5.41, 5.74) is 0.970. The van der Waals surface area contributed by atoms with Gasteiger partial charge >= 0.3 is 5.97 Å². The predicted octanol–water partition coefficient (Wildman–Crippen LogP) is 4.39. The molecule has 1 aromatic carbocycles. The quantitative estimate of drug-likeness (QED) is 0.701. The summed E-state index contributed by atoms with van der Waals surface area (Å²) in [6, 6.07) is 7.35. The monoisotopic (exact) mass is 425 g/mol. The number of carbonyl (C=O) groups excluding carboxylic acids is 1. The fraction of sp³-hybridized carbons (Fsp3) is 0.619. The highest BCUT2D eigenvalue weighted by Crippen LogP contribution is 2.43. The molecule has 0 aromatic heterocycles. The average molecular weight is 426 g/mol. The molecule has 3 atom stereocenters. The lowest BCUT2D eigenvalue weighted by atomic mass is 9.98. The number of carboxylic acids is 1. The summed E-state index contributed by atoms with van der Waals surface area (Å²) in [6.45, 7) is 6.82. The number of amides is 1. The molecule has 7 heteroatoms. The Hall–Kier alpha value is -1.24. The minimum absolute atomic E-state index is 0.0811. The van der Waals surface area contributed by atoms with Crippen LogP contribution in [0.15, 0.2) is 24.3 Å². The number of benzene rings is 1. The van der Waals surface area contributed by atoms with E-state index in [2.05, 4.69) is 20.8 Å². The fourth-order valence-electron chi connectivity index (χ4n) is 3.58. The first-order valence-corrected chi connectivity index (χ1v) is 11.1. The number of hydrogen-bond acceptors (Lipinski definition) is 4. The standard InChI is InChI=1S/C21H28ClNO4S/c1-21(2,3)28-12-17(14-4-5-14)23-16(13-6-8-15(22)9-7-13)11-27-18(20(23)26)10-19(24)25/h6-9,14,16-18H,4-5,10-12H2,1-3H3,(H,24,25). The normalized spacial score (nSPS) is 24.3. The molecular formula is C21H28ClNO4S. The molecule has 1 aromatic rings. The van der Waals surface area contributed by atoms with E-state index in [1.807, 2.05) is 40.9 Å². The largest absolute Gasteiger partial charge is 0.481 e. The van der Waals surface area contributed by atoms with Crippen LogP contribution in [0.4, 0.5) is 0 Å². The molecule has 1 N–H and O–H groups in total. The third-order valence-electron chi connectivity index (χ3n) is 5.15. The third-order valence-corrected chi connectivity index (χ3v) is 6.77. The Morgan fingerprint density at radius 2 is 1.96 bits per heavy atom. The van der Waals surface area contributed by atoms with Crippen molar-refractivity contribution in [1.29, 1.82) is 0 Å². The smallest absolute Gasteiger partial charge is 0.306 e. The van der Waals surface area contributed by atoms with Crippen LogP contribution in [0.5, 0.6) is 0 Å². The first-order chi connectivity index (χ1) is 13.2. The average Bonchev–Trinajstić information content (AvgIpc) is 3.43. The molecular weight excluding hydrogens is 398 g/mol. The van der Waals surface area contributed by atoms with Gasteiger partial charge in [0.05, 0.1) is 19.1 Å². The summed E-state index contributed by atoms with van der Waals surface area (Å²) in [4.78, 5) is 26.5. The Bertz CT molecular complexity index is 714. The van der Waals surface area contributed by atoms with E-state index in [1.165, 1.54) is 0 Å². The Balaban J connectivity index is 1.90. The summed E-state index contributed by atoms with van der Waals surface area (Å²) in [7, 11) is 0. The topological polar surface area (TPSA) is 66.8 Å². The van der Waals surface area contributed by atoms with Gasteiger partial charge in [-0.2, -0.15) is 11.8 Å². The van der Waals surface area contributed by atoms with E-state index >= 15 is 0 Å². The third kappa shape index (κ3) is 5.43. The van der Waals surface area contributed by atoms with Crippen LogP contribution >= 0.6 is 23.4 Å². The molecule has 154 valence electrons. The van der Waals surface area contributed by atoms with Gasteiger partial charge in [-0.25, -0.2) is 0 Å². The lowest BCUT2D eigenvalue weighted by Gasteiger charge is -2.44. The van der Waals surface area contributed by atoms with Crippen LogP contribution in [-0.4, -0.2) is 51.1 Å². The van der Waals surface area contributed by atoms with E-state index in [0.29, 0.717) is 17.5 Å². The molecule has 1 saturated heterocycles. The Kier molecular flexibility index (Phi) is 6.62. The van der Waals surface area contributed by atoms with Gasteiger partial charge in [-0.05, 0) is 36.5 Å². The van der Waals surface area contributed by atoms with Crippen molar-refractivity contribution >= 4 is 35.2 Å². The molecule has 28 heavy (non-hydrogen) atoms. The first kappa shape index (κ1) is 21.5. The Morgan fingerprint density at radius 1 is 1.32 bits per heavy atom. The SMILES string of the molecule is CC(C)(C)SCC(C1CC1)N1C(=O)C(CC(=O)O)OCC1c1ccc(Cl)cc1. The maximum Gasteiger partial charge on any atom is 0.306 e. The summed E-state index contributed by atoms with van der Waals surface area (Å²) >= 11 is 7.89. The summed E-state index contributed by atoms with van der Waals surface area (Å²) < 4.78 is 5.81. The van der Waals surface area contributed by atoms with Crippen LogP contribution in [0.3, 0.4) is 0 Å². The van der Waals surface area contributed by atoms with Crippen molar-refractivity contribution in [2.24, 2.45) is 5.92 Å². The minimum atomic E-state index is -1.02. The van der Waals surface area contributed by atoms with Gasteiger partial charge in [0.2, 0.25) is 0 Å². The summed E-state index contributed by atoms with van der Waals surface area (Å²) in [5, 5.41) is 9.83. The van der Waals surface area contributed by atoms with Crippen molar-refractivity contribution in [2.75, 3.05) is 12.4 Å². The van der Waals surface area contributed by atoms with Crippen LogP contribution in [0.2, 0.25) is 5.02 Å². The second kappa shape index (κ2) is 8.64. The summed E-state index contributed by atoms with van der Waals surface area (Å²) in [6.07, 6.45) is 1.00. The second-order valence-corrected chi connectivity index (χ2v) is 10.8. The molecule has 0 spiro atoms. The first-order valence-electron chi connectivity index (χ1n) is 9.70. The highest BCUT2D eigenvalue weighted by atomic mass is 35.5. The number of nitrogens with zero attached hydrogens (tertiary/aromatic N) is 1. The molecule has 2 fully saturated rings. The van der Waals surface area contributed by atoms with Crippen LogP contribution in [0, 0.1) is 5.92 Å². The van der Waals surface area contributed by atoms with Crippen molar-refractivity contribution in [3.05, 3.63) is 34.9 Å². The van der Waals surface area contributed by atoms with E-state index in [-0.39, 0.29) is 29.2 Å². The highest BCUT2D eigenvalue weighted by molar-refractivity contribution is 8.00. The molecule has 1 heterocycles. The number of hydrogen-bond donors (Lipinski definition) is 1. The maximum atomic E-state index is 13.3. The zero-order chi connectivity index (χ0) is 20.5. The van der Waals surface area contributed by atoms with Gasteiger partial charge in [0.25, 0.3) is 5.91 Å². The molecule has 5 nitrogen and oxygen atoms in total. The van der Waals surface area contributed by atoms with Gasteiger partial charge in [0, 0.05) is 21.6 Å². The predicted molar refractivity (Wildman–Crippen MR) is 112 cm³/mol. The van der Waals surface area contributed by atoms with Gasteiger partial charge in [-0.1, -0.05) is 44.5 Å². The number of halogens is 1. The zero-order valence-corrected chi connectivity index (χ0v) is 18.1. The molecule has 0 radical (unpaired) electrons.